The molecule has 0 aromatic heterocycles. The van der Waals surface area contributed by atoms with Crippen molar-refractivity contribution in [3.8, 4) is 0 Å². The summed E-state index contributed by atoms with van der Waals surface area (Å²) in [5, 5.41) is 3.12. The molecule has 1 N–H and O–H groups in total. The monoisotopic (exact) mass is 151 g/mol. The van der Waals surface area contributed by atoms with E-state index >= 15 is 0 Å². The Morgan fingerprint density at radius 2 is 2.33 bits per heavy atom. The third kappa shape index (κ3) is 4.44. The maximum Gasteiger partial charge on any atom is 0.0601 e. The zero-order chi connectivity index (χ0) is 4.99. The van der Waals surface area contributed by atoms with Crippen LogP contribution in [0, 0.1) is 0 Å². The second kappa shape index (κ2) is 3.62. The molecule has 0 bridgehead atoms. The van der Waals surface area contributed by atoms with Gasteiger partial charge in [0.25, 0.3) is 0 Å². The zero-order valence-electron chi connectivity index (χ0n) is 4.16. The molecule has 0 saturated heterocycles. The van der Waals surface area contributed by atoms with Crippen molar-refractivity contribution in [3.05, 3.63) is 0 Å². The van der Waals surface area contributed by atoms with E-state index in [1.54, 1.807) is 0 Å². The van der Waals surface area contributed by atoms with Gasteiger partial charge in [0.15, 0.2) is 0 Å². The third-order valence-corrected chi connectivity index (χ3v) is 0.809. The molecule has 38 valence electrons. The Kier molecular flexibility index (Phi) is 3.89. The van der Waals surface area contributed by atoms with Gasteiger partial charge in [-0.1, -0.05) is 22.9 Å². The summed E-state index contributed by atoms with van der Waals surface area (Å²) >= 11 is 3.32. The Morgan fingerprint density at radius 3 is 2.33 bits per heavy atom. The largest absolute Gasteiger partial charge is 0.305 e. The van der Waals surface area contributed by atoms with E-state index in [1.807, 2.05) is 0 Å². The molecule has 0 fully saturated rings. The molecule has 0 rings (SSSR count). The van der Waals surface area contributed by atoms with Crippen molar-refractivity contribution >= 4 is 15.9 Å². The minimum atomic E-state index is 0.461. The van der Waals surface area contributed by atoms with Crippen molar-refractivity contribution in [1.82, 2.24) is 5.32 Å². The predicted octanol–water partition coefficient (Wildman–Crippen LogP) is 1.34. The maximum atomic E-state index is 3.32. The summed E-state index contributed by atoms with van der Waals surface area (Å²) in [6, 6.07) is 0. The van der Waals surface area contributed by atoms with Crippen LogP contribution in [-0.4, -0.2) is 11.5 Å². The highest BCUT2D eigenvalue weighted by atomic mass is 79.9. The molecule has 2 heteroatoms. The second-order valence-corrected chi connectivity index (χ2v) is 2.55. The second-order valence-electron chi connectivity index (χ2n) is 1.17. The highest BCUT2D eigenvalue weighted by Gasteiger charge is 1.84. The van der Waals surface area contributed by atoms with Crippen molar-refractivity contribution < 1.29 is 0 Å². The quantitative estimate of drug-likeness (QED) is 0.465. The molecule has 0 saturated carbocycles. The molecule has 0 amide bonds. The van der Waals surface area contributed by atoms with Crippen LogP contribution in [0.2, 0.25) is 0 Å². The first-order chi connectivity index (χ1) is 2.77. The Bertz CT molecular complexity index is 28.7. The topological polar surface area (TPSA) is 12.0 Å². The van der Waals surface area contributed by atoms with Crippen molar-refractivity contribution in [1.29, 1.82) is 0 Å². The van der Waals surface area contributed by atoms with Crippen molar-refractivity contribution in [2.24, 2.45) is 0 Å². The van der Waals surface area contributed by atoms with E-state index in [1.165, 1.54) is 0 Å². The van der Waals surface area contributed by atoms with Gasteiger partial charge >= 0.3 is 0 Å². The van der Waals surface area contributed by atoms with Crippen LogP contribution in [0.5, 0.6) is 0 Å². The van der Waals surface area contributed by atoms with Crippen LogP contribution in [0.1, 0.15) is 13.8 Å². The Hall–Kier alpha value is 0.440. The lowest BCUT2D eigenvalue weighted by atomic mass is 10.7. The first-order valence-corrected chi connectivity index (χ1v) is 3.06. The summed E-state index contributed by atoms with van der Waals surface area (Å²) in [4.78, 5) is 0.461. The van der Waals surface area contributed by atoms with Gasteiger partial charge in [-0.25, -0.2) is 0 Å². The van der Waals surface area contributed by atoms with E-state index < -0.39 is 0 Å². The fraction of sp³-hybridized carbons (Fsp3) is 1.00. The van der Waals surface area contributed by atoms with Gasteiger partial charge in [0.1, 0.15) is 0 Å². The molecule has 0 radical (unpaired) electrons. The minimum absolute atomic E-state index is 0.461. The van der Waals surface area contributed by atoms with Crippen molar-refractivity contribution in [3.63, 3.8) is 0 Å². The fourth-order valence-electron chi connectivity index (χ4n) is 0.281. The van der Waals surface area contributed by atoms with Crippen LogP contribution in [0.4, 0.5) is 0 Å². The molecule has 0 aliphatic heterocycles. The smallest absolute Gasteiger partial charge is 0.0601 e. The van der Waals surface area contributed by atoms with Crippen LogP contribution in [0.25, 0.3) is 0 Å². The first-order valence-electron chi connectivity index (χ1n) is 2.14. The summed E-state index contributed by atoms with van der Waals surface area (Å²) in [6.07, 6.45) is 0. The van der Waals surface area contributed by atoms with E-state index in [-0.39, 0.29) is 0 Å². The normalized spacial score (nSPS) is 14.5. The van der Waals surface area contributed by atoms with Gasteiger partial charge in [-0.2, -0.15) is 0 Å². The van der Waals surface area contributed by atoms with E-state index in [4.69, 9.17) is 0 Å². The van der Waals surface area contributed by atoms with Crippen LogP contribution in [0.15, 0.2) is 0 Å². The molecular weight excluding hydrogens is 142 g/mol. The Labute approximate surface area is 47.3 Å². The van der Waals surface area contributed by atoms with Gasteiger partial charge in [-0.05, 0) is 13.5 Å². The molecule has 0 heterocycles. The number of alkyl halides is 1. The Balaban J connectivity index is 2.63. The molecular formula is C4H10BrN. The summed E-state index contributed by atoms with van der Waals surface area (Å²) in [6.45, 7) is 5.17. The van der Waals surface area contributed by atoms with Gasteiger partial charge in [-0.3, -0.25) is 0 Å². The lowest BCUT2D eigenvalue weighted by molar-refractivity contribution is 0.730. The summed E-state index contributed by atoms with van der Waals surface area (Å²) < 4.78 is 0. The molecule has 1 nitrogen and oxygen atoms in total. The molecule has 0 aliphatic carbocycles. The highest BCUT2D eigenvalue weighted by Crippen LogP contribution is 1.87. The van der Waals surface area contributed by atoms with Gasteiger partial charge in [0.05, 0.1) is 4.95 Å². The third-order valence-electron chi connectivity index (χ3n) is 0.485. The van der Waals surface area contributed by atoms with E-state index in [0.717, 1.165) is 6.54 Å². The molecule has 0 aliphatic rings. The lowest BCUT2D eigenvalue weighted by Gasteiger charge is -1.98. The van der Waals surface area contributed by atoms with E-state index in [2.05, 4.69) is 35.1 Å². The molecule has 0 aromatic rings. The molecule has 1 unspecified atom stereocenters. The van der Waals surface area contributed by atoms with Gasteiger partial charge in [0, 0.05) is 0 Å². The van der Waals surface area contributed by atoms with Crippen LogP contribution >= 0.6 is 15.9 Å². The number of halogens is 1. The van der Waals surface area contributed by atoms with Gasteiger partial charge < -0.3 is 5.32 Å². The van der Waals surface area contributed by atoms with Gasteiger partial charge in [0.2, 0.25) is 0 Å². The standard InChI is InChI=1S/C4H10BrN/c1-3-6-4(2)5/h4,6H,3H2,1-2H3. The molecule has 6 heavy (non-hydrogen) atoms. The zero-order valence-corrected chi connectivity index (χ0v) is 5.75. The average Bonchev–Trinajstić information content (AvgIpc) is 1.35. The van der Waals surface area contributed by atoms with E-state index in [9.17, 15) is 0 Å². The summed E-state index contributed by atoms with van der Waals surface area (Å²) in [5.41, 5.74) is 0. The highest BCUT2D eigenvalue weighted by molar-refractivity contribution is 9.09. The van der Waals surface area contributed by atoms with Crippen LogP contribution < -0.4 is 5.32 Å². The summed E-state index contributed by atoms with van der Waals surface area (Å²) in [7, 11) is 0. The number of nitrogens with one attached hydrogen (secondary N) is 1. The van der Waals surface area contributed by atoms with Crippen LogP contribution in [0.3, 0.4) is 0 Å². The van der Waals surface area contributed by atoms with Gasteiger partial charge in [-0.15, -0.1) is 0 Å². The maximum absolute atomic E-state index is 3.32. The molecule has 0 spiro atoms. The van der Waals surface area contributed by atoms with Crippen molar-refractivity contribution in [2.75, 3.05) is 6.54 Å². The lowest BCUT2D eigenvalue weighted by Crippen LogP contribution is -2.18. The molecule has 0 aromatic carbocycles. The Morgan fingerprint density at radius 1 is 1.83 bits per heavy atom. The minimum Gasteiger partial charge on any atom is -0.305 e. The first kappa shape index (κ1) is 6.44. The molecule has 1 atom stereocenters. The SMILES string of the molecule is CCNC(C)Br. The number of hydrogen-bond donors (Lipinski definition) is 1. The fourth-order valence-corrected chi connectivity index (χ4v) is 0.605. The average molecular weight is 152 g/mol. The predicted molar refractivity (Wildman–Crippen MR) is 32.1 cm³/mol. The van der Waals surface area contributed by atoms with Crippen molar-refractivity contribution in [2.45, 2.75) is 18.8 Å². The van der Waals surface area contributed by atoms with E-state index in [0.29, 0.717) is 4.95 Å². The number of hydrogen-bond acceptors (Lipinski definition) is 1. The summed E-state index contributed by atoms with van der Waals surface area (Å²) in [5.74, 6) is 0. The van der Waals surface area contributed by atoms with Crippen LogP contribution in [-0.2, 0) is 0 Å². The number of rotatable bonds is 2.